The predicted octanol–water partition coefficient (Wildman–Crippen LogP) is 3.65. The third-order valence-corrected chi connectivity index (χ3v) is 4.65. The average Bonchev–Trinajstić information content (AvgIpc) is 2.91. The molecule has 22 heavy (non-hydrogen) atoms. The third kappa shape index (κ3) is 3.12. The number of nitrogens with one attached hydrogen (secondary N) is 1. The van der Waals surface area contributed by atoms with Crippen molar-refractivity contribution in [3.63, 3.8) is 0 Å². The minimum Gasteiger partial charge on any atom is -0.436 e. The molecule has 3 rings (SSSR count). The summed E-state index contributed by atoms with van der Waals surface area (Å²) >= 11 is 0. The van der Waals surface area contributed by atoms with Gasteiger partial charge in [0.15, 0.2) is 5.58 Å². The van der Waals surface area contributed by atoms with E-state index < -0.39 is 10.0 Å². The van der Waals surface area contributed by atoms with E-state index in [0.29, 0.717) is 29.1 Å². The Morgan fingerprint density at radius 2 is 1.91 bits per heavy atom. The topological polar surface area (TPSA) is 72.2 Å². The molecule has 3 aromatic rings. The molecule has 0 spiro atoms. The zero-order valence-corrected chi connectivity index (χ0v) is 12.9. The van der Waals surface area contributed by atoms with Crippen LogP contribution in [0.3, 0.4) is 0 Å². The first-order valence-electron chi connectivity index (χ1n) is 7.04. The Balaban J connectivity index is 1.94. The highest BCUT2D eigenvalue weighted by atomic mass is 32.2. The first kappa shape index (κ1) is 14.6. The molecule has 1 heterocycles. The van der Waals surface area contributed by atoms with Crippen LogP contribution in [0.15, 0.2) is 52.9 Å². The molecule has 6 heteroatoms. The third-order valence-electron chi connectivity index (χ3n) is 3.15. The van der Waals surface area contributed by atoms with Crippen LogP contribution >= 0.6 is 0 Å². The van der Waals surface area contributed by atoms with E-state index in [2.05, 4.69) is 9.71 Å². The molecular formula is C16H16N2O3S. The summed E-state index contributed by atoms with van der Waals surface area (Å²) in [5.41, 5.74) is 2.62. The van der Waals surface area contributed by atoms with Crippen LogP contribution in [0.4, 0.5) is 5.69 Å². The average molecular weight is 316 g/mol. The maximum atomic E-state index is 11.8. The van der Waals surface area contributed by atoms with Gasteiger partial charge in [0.1, 0.15) is 5.52 Å². The zero-order valence-electron chi connectivity index (χ0n) is 12.1. The molecule has 0 atom stereocenters. The Labute approximate surface area is 129 Å². The lowest BCUT2D eigenvalue weighted by molar-refractivity contribution is 0.600. The van der Waals surface area contributed by atoms with E-state index in [1.54, 1.807) is 18.2 Å². The molecule has 114 valence electrons. The highest BCUT2D eigenvalue weighted by molar-refractivity contribution is 7.92. The highest BCUT2D eigenvalue weighted by Gasteiger charge is 2.12. The minimum atomic E-state index is -3.31. The van der Waals surface area contributed by atoms with E-state index in [1.807, 2.05) is 37.3 Å². The van der Waals surface area contributed by atoms with Gasteiger partial charge in [0, 0.05) is 5.56 Å². The summed E-state index contributed by atoms with van der Waals surface area (Å²) in [7, 11) is -3.31. The van der Waals surface area contributed by atoms with Gasteiger partial charge in [-0.25, -0.2) is 13.4 Å². The van der Waals surface area contributed by atoms with Crippen molar-refractivity contribution in [3.8, 4) is 11.5 Å². The minimum absolute atomic E-state index is 0.0963. The van der Waals surface area contributed by atoms with Crippen molar-refractivity contribution < 1.29 is 12.8 Å². The van der Waals surface area contributed by atoms with Crippen LogP contribution in [-0.2, 0) is 10.0 Å². The van der Waals surface area contributed by atoms with Gasteiger partial charge in [-0.05, 0) is 36.8 Å². The van der Waals surface area contributed by atoms with Gasteiger partial charge in [-0.3, -0.25) is 4.72 Å². The Hall–Kier alpha value is -2.34. The highest BCUT2D eigenvalue weighted by Crippen LogP contribution is 2.26. The lowest BCUT2D eigenvalue weighted by atomic mass is 10.2. The quantitative estimate of drug-likeness (QED) is 0.780. The second-order valence-electron chi connectivity index (χ2n) is 4.99. The Morgan fingerprint density at radius 3 is 2.64 bits per heavy atom. The molecule has 0 aliphatic heterocycles. The number of oxazole rings is 1. The standard InChI is InChI=1S/C16H16N2O3S/c1-2-10-22(19,20)18-13-8-9-15-14(11-13)17-16(21-15)12-6-4-3-5-7-12/h3-9,11,18H,2,10H2,1H3. The van der Waals surface area contributed by atoms with Gasteiger partial charge >= 0.3 is 0 Å². The van der Waals surface area contributed by atoms with Crippen LogP contribution in [0.5, 0.6) is 0 Å². The second kappa shape index (κ2) is 5.81. The molecule has 5 nitrogen and oxygen atoms in total. The van der Waals surface area contributed by atoms with E-state index in [1.165, 1.54) is 0 Å². The summed E-state index contributed by atoms with van der Waals surface area (Å²) in [6, 6.07) is 14.6. The van der Waals surface area contributed by atoms with E-state index in [9.17, 15) is 8.42 Å². The summed E-state index contributed by atoms with van der Waals surface area (Å²) in [6.07, 6.45) is 0.569. The number of nitrogens with zero attached hydrogens (tertiary/aromatic N) is 1. The summed E-state index contributed by atoms with van der Waals surface area (Å²) in [5.74, 6) is 0.614. The molecule has 0 aliphatic carbocycles. The van der Waals surface area contributed by atoms with Crippen molar-refractivity contribution >= 4 is 26.8 Å². The SMILES string of the molecule is CCCS(=O)(=O)Nc1ccc2oc(-c3ccccc3)nc2c1. The second-order valence-corrected chi connectivity index (χ2v) is 6.83. The molecular weight excluding hydrogens is 300 g/mol. The van der Waals surface area contributed by atoms with E-state index in [0.717, 1.165) is 5.56 Å². The number of sulfonamides is 1. The maximum absolute atomic E-state index is 11.8. The van der Waals surface area contributed by atoms with Crippen LogP contribution in [0.2, 0.25) is 0 Å². The molecule has 0 bridgehead atoms. The summed E-state index contributed by atoms with van der Waals surface area (Å²) in [6.45, 7) is 1.83. The largest absolute Gasteiger partial charge is 0.436 e. The zero-order chi connectivity index (χ0) is 15.6. The fraction of sp³-hybridized carbons (Fsp3) is 0.188. The molecule has 0 radical (unpaired) electrons. The van der Waals surface area contributed by atoms with Gasteiger partial charge in [0.05, 0.1) is 11.4 Å². The fourth-order valence-corrected chi connectivity index (χ4v) is 3.32. The first-order chi connectivity index (χ1) is 10.6. The lowest BCUT2D eigenvalue weighted by Gasteiger charge is -2.05. The monoisotopic (exact) mass is 316 g/mol. The number of aromatic nitrogens is 1. The van der Waals surface area contributed by atoms with Crippen molar-refractivity contribution in [2.75, 3.05) is 10.5 Å². The molecule has 1 aromatic heterocycles. The first-order valence-corrected chi connectivity index (χ1v) is 8.69. The number of hydrogen-bond donors (Lipinski definition) is 1. The van der Waals surface area contributed by atoms with Crippen molar-refractivity contribution in [3.05, 3.63) is 48.5 Å². The molecule has 0 unspecified atom stereocenters. The van der Waals surface area contributed by atoms with Crippen LogP contribution in [0.1, 0.15) is 13.3 Å². The van der Waals surface area contributed by atoms with Crippen LogP contribution in [-0.4, -0.2) is 19.2 Å². The lowest BCUT2D eigenvalue weighted by Crippen LogP contribution is -2.15. The molecule has 0 saturated carbocycles. The van der Waals surface area contributed by atoms with Gasteiger partial charge in [-0.2, -0.15) is 0 Å². The molecule has 1 N–H and O–H groups in total. The van der Waals surface area contributed by atoms with E-state index in [4.69, 9.17) is 4.42 Å². The van der Waals surface area contributed by atoms with Crippen molar-refractivity contribution in [2.45, 2.75) is 13.3 Å². The summed E-state index contributed by atoms with van der Waals surface area (Å²) in [5, 5.41) is 0. The van der Waals surface area contributed by atoms with E-state index >= 15 is 0 Å². The fourth-order valence-electron chi connectivity index (χ4n) is 2.19. The van der Waals surface area contributed by atoms with Gasteiger partial charge in [-0.1, -0.05) is 25.1 Å². The molecule has 0 amide bonds. The number of rotatable bonds is 5. The van der Waals surface area contributed by atoms with Crippen molar-refractivity contribution in [1.82, 2.24) is 4.98 Å². The number of hydrogen-bond acceptors (Lipinski definition) is 4. The van der Waals surface area contributed by atoms with Crippen LogP contribution < -0.4 is 4.72 Å². The Morgan fingerprint density at radius 1 is 1.14 bits per heavy atom. The molecule has 0 saturated heterocycles. The normalized spacial score (nSPS) is 11.7. The van der Waals surface area contributed by atoms with Gasteiger partial charge < -0.3 is 4.42 Å². The number of anilines is 1. The molecule has 0 aliphatic rings. The van der Waals surface area contributed by atoms with Crippen LogP contribution in [0.25, 0.3) is 22.6 Å². The smallest absolute Gasteiger partial charge is 0.232 e. The predicted molar refractivity (Wildman–Crippen MR) is 87.1 cm³/mol. The van der Waals surface area contributed by atoms with Gasteiger partial charge in [0.2, 0.25) is 15.9 Å². The van der Waals surface area contributed by atoms with Gasteiger partial charge in [0.25, 0.3) is 0 Å². The summed E-state index contributed by atoms with van der Waals surface area (Å²) in [4.78, 5) is 4.42. The van der Waals surface area contributed by atoms with Crippen LogP contribution in [0, 0.1) is 0 Å². The van der Waals surface area contributed by atoms with Crippen molar-refractivity contribution in [2.24, 2.45) is 0 Å². The Kier molecular flexibility index (Phi) is 3.85. The molecule has 0 fully saturated rings. The number of benzene rings is 2. The van der Waals surface area contributed by atoms with Gasteiger partial charge in [-0.15, -0.1) is 0 Å². The summed E-state index contributed by atoms with van der Waals surface area (Å²) < 4.78 is 31.9. The Bertz CT molecular complexity index is 886. The van der Waals surface area contributed by atoms with E-state index in [-0.39, 0.29) is 5.75 Å². The number of fused-ring (bicyclic) bond motifs is 1. The van der Waals surface area contributed by atoms with Crippen molar-refractivity contribution in [1.29, 1.82) is 0 Å². The maximum Gasteiger partial charge on any atom is 0.232 e. The molecule has 2 aromatic carbocycles.